The van der Waals surface area contributed by atoms with Crippen molar-refractivity contribution >= 4 is 11.6 Å². The largest absolute Gasteiger partial charge is 0.325 e. The summed E-state index contributed by atoms with van der Waals surface area (Å²) in [6.45, 7) is 6.44. The fraction of sp³-hybridized carbons (Fsp3) is 0.562. The number of nitrogens with zero attached hydrogens (tertiary/aromatic N) is 2. The molecule has 1 aromatic rings. The van der Waals surface area contributed by atoms with Crippen molar-refractivity contribution in [3.63, 3.8) is 0 Å². The summed E-state index contributed by atoms with van der Waals surface area (Å²) in [4.78, 5) is 16.6. The zero-order valence-electron chi connectivity index (χ0n) is 13.2. The maximum Gasteiger partial charge on any atom is 0.238 e. The molecule has 0 radical (unpaired) electrons. The Morgan fingerprint density at radius 2 is 2.14 bits per heavy atom. The monoisotopic (exact) mass is 290 g/mol. The van der Waals surface area contributed by atoms with E-state index in [1.54, 1.807) is 0 Å². The number of nitrogens with one attached hydrogen (secondary N) is 2. The van der Waals surface area contributed by atoms with E-state index in [1.165, 1.54) is 0 Å². The van der Waals surface area contributed by atoms with E-state index in [-0.39, 0.29) is 5.91 Å². The predicted molar refractivity (Wildman–Crippen MR) is 86.6 cm³/mol. The van der Waals surface area contributed by atoms with Gasteiger partial charge in [0.1, 0.15) is 0 Å². The Balaban J connectivity index is 1.71. The number of benzene rings is 1. The Kier molecular flexibility index (Phi) is 5.73. The summed E-state index contributed by atoms with van der Waals surface area (Å²) in [5.74, 6) is 0.00687. The van der Waals surface area contributed by atoms with E-state index in [4.69, 9.17) is 0 Å². The van der Waals surface area contributed by atoms with Crippen LogP contribution in [-0.4, -0.2) is 68.6 Å². The summed E-state index contributed by atoms with van der Waals surface area (Å²) >= 11 is 0. The average molecular weight is 290 g/mol. The van der Waals surface area contributed by atoms with Crippen LogP contribution in [-0.2, 0) is 4.79 Å². The van der Waals surface area contributed by atoms with Crippen molar-refractivity contribution in [3.05, 3.63) is 29.8 Å². The molecule has 5 nitrogen and oxygen atoms in total. The van der Waals surface area contributed by atoms with E-state index >= 15 is 0 Å². The van der Waals surface area contributed by atoms with Gasteiger partial charge in [-0.05, 0) is 38.7 Å². The number of aryl methyl sites for hydroxylation is 1. The van der Waals surface area contributed by atoms with Crippen LogP contribution in [0, 0.1) is 6.92 Å². The fourth-order valence-electron chi connectivity index (χ4n) is 2.60. The topological polar surface area (TPSA) is 47.6 Å². The first-order valence-corrected chi connectivity index (χ1v) is 7.50. The molecule has 2 N–H and O–H groups in total. The Bertz CT molecular complexity index is 477. The van der Waals surface area contributed by atoms with Gasteiger partial charge in [-0.1, -0.05) is 12.1 Å². The van der Waals surface area contributed by atoms with Gasteiger partial charge in [0.05, 0.1) is 6.54 Å². The van der Waals surface area contributed by atoms with Crippen molar-refractivity contribution in [1.82, 2.24) is 15.1 Å². The lowest BCUT2D eigenvalue weighted by molar-refractivity contribution is -0.115. The number of amides is 1. The van der Waals surface area contributed by atoms with Crippen LogP contribution in [0.25, 0.3) is 0 Å². The first kappa shape index (κ1) is 15.9. The number of likely N-dealkylation sites (N-methyl/N-ethyl adjacent to an activating group) is 2. The van der Waals surface area contributed by atoms with Crippen LogP contribution in [0.1, 0.15) is 5.56 Å². The van der Waals surface area contributed by atoms with E-state index < -0.39 is 0 Å². The Morgan fingerprint density at radius 3 is 2.90 bits per heavy atom. The number of carbonyl (C=O) groups excluding carboxylic acids is 1. The predicted octanol–water partition coefficient (Wildman–Crippen LogP) is 0.769. The summed E-state index contributed by atoms with van der Waals surface area (Å²) in [5.41, 5.74) is 2.00. The van der Waals surface area contributed by atoms with Gasteiger partial charge in [0.15, 0.2) is 0 Å². The highest BCUT2D eigenvalue weighted by Crippen LogP contribution is 2.09. The number of piperazine rings is 1. The highest BCUT2D eigenvalue weighted by atomic mass is 16.1. The zero-order chi connectivity index (χ0) is 15.2. The van der Waals surface area contributed by atoms with Gasteiger partial charge < -0.3 is 15.5 Å². The number of hydrogen-bond donors (Lipinski definition) is 2. The molecule has 0 aliphatic carbocycles. The summed E-state index contributed by atoms with van der Waals surface area (Å²) in [6, 6.07) is 8.32. The third-order valence-corrected chi connectivity index (χ3v) is 3.95. The van der Waals surface area contributed by atoms with Gasteiger partial charge in [0.2, 0.25) is 5.91 Å². The van der Waals surface area contributed by atoms with Crippen molar-refractivity contribution in [2.45, 2.75) is 13.0 Å². The van der Waals surface area contributed by atoms with Crippen LogP contribution in [0.4, 0.5) is 5.69 Å². The van der Waals surface area contributed by atoms with Crippen molar-refractivity contribution in [1.29, 1.82) is 0 Å². The minimum Gasteiger partial charge on any atom is -0.325 e. The molecular formula is C16H26N4O. The molecule has 0 saturated carbocycles. The minimum atomic E-state index is 0.00687. The molecule has 0 aromatic heterocycles. The van der Waals surface area contributed by atoms with Gasteiger partial charge in [0.25, 0.3) is 0 Å². The van der Waals surface area contributed by atoms with E-state index in [9.17, 15) is 4.79 Å². The molecule has 116 valence electrons. The number of anilines is 1. The highest BCUT2D eigenvalue weighted by Gasteiger charge is 2.21. The van der Waals surface area contributed by atoms with Gasteiger partial charge in [-0.3, -0.25) is 9.69 Å². The molecule has 1 saturated heterocycles. The molecular weight excluding hydrogens is 264 g/mol. The highest BCUT2D eigenvalue weighted by molar-refractivity contribution is 5.92. The molecule has 1 amide bonds. The molecule has 0 bridgehead atoms. The second kappa shape index (κ2) is 7.54. The molecule has 21 heavy (non-hydrogen) atoms. The van der Waals surface area contributed by atoms with Gasteiger partial charge in [0, 0.05) is 37.9 Å². The minimum absolute atomic E-state index is 0.00687. The first-order chi connectivity index (χ1) is 10.0. The molecule has 0 spiro atoms. The molecule has 1 heterocycles. The Morgan fingerprint density at radius 1 is 1.33 bits per heavy atom. The fourth-order valence-corrected chi connectivity index (χ4v) is 2.60. The second-order valence-electron chi connectivity index (χ2n) is 5.95. The van der Waals surface area contributed by atoms with Crippen LogP contribution in [0.3, 0.4) is 0 Å². The summed E-state index contributed by atoms with van der Waals surface area (Å²) < 4.78 is 0. The molecule has 1 aromatic carbocycles. The number of hydrogen-bond acceptors (Lipinski definition) is 4. The lowest BCUT2D eigenvalue weighted by Crippen LogP contribution is -2.54. The Hall–Kier alpha value is -1.43. The molecule has 1 unspecified atom stereocenters. The summed E-state index contributed by atoms with van der Waals surface area (Å²) in [6.07, 6.45) is 0. The summed E-state index contributed by atoms with van der Waals surface area (Å²) in [5, 5.41) is 6.18. The van der Waals surface area contributed by atoms with Crippen molar-refractivity contribution in [3.8, 4) is 0 Å². The average Bonchev–Trinajstić information content (AvgIpc) is 2.42. The molecule has 1 fully saturated rings. The van der Waals surface area contributed by atoms with E-state index in [1.807, 2.05) is 31.2 Å². The zero-order valence-corrected chi connectivity index (χ0v) is 13.2. The van der Waals surface area contributed by atoms with E-state index in [2.05, 4.69) is 34.5 Å². The third-order valence-electron chi connectivity index (χ3n) is 3.95. The SMILES string of the molecule is Cc1cccc(NC(=O)CNCC2CN(C)CCN2C)c1. The van der Waals surface area contributed by atoms with Crippen LogP contribution >= 0.6 is 0 Å². The van der Waals surface area contributed by atoms with E-state index in [0.717, 1.165) is 37.4 Å². The molecule has 5 heteroatoms. The van der Waals surface area contributed by atoms with E-state index in [0.29, 0.717) is 12.6 Å². The standard InChI is InChI=1S/C16H26N4O/c1-13-5-4-6-14(9-13)18-16(21)11-17-10-15-12-19(2)7-8-20(15)3/h4-6,9,15,17H,7-8,10-12H2,1-3H3,(H,18,21). The van der Waals surface area contributed by atoms with Gasteiger partial charge in [-0.2, -0.15) is 0 Å². The second-order valence-corrected chi connectivity index (χ2v) is 5.95. The summed E-state index contributed by atoms with van der Waals surface area (Å²) in [7, 11) is 4.29. The van der Waals surface area contributed by atoms with Crippen LogP contribution in [0.2, 0.25) is 0 Å². The van der Waals surface area contributed by atoms with Crippen molar-refractivity contribution in [2.75, 3.05) is 52.1 Å². The van der Waals surface area contributed by atoms with Gasteiger partial charge in [-0.15, -0.1) is 0 Å². The van der Waals surface area contributed by atoms with Crippen LogP contribution < -0.4 is 10.6 Å². The molecule has 1 aliphatic heterocycles. The normalized spacial score (nSPS) is 20.4. The maximum atomic E-state index is 11.9. The first-order valence-electron chi connectivity index (χ1n) is 7.50. The quantitative estimate of drug-likeness (QED) is 0.841. The number of carbonyl (C=O) groups is 1. The van der Waals surface area contributed by atoms with Gasteiger partial charge in [-0.25, -0.2) is 0 Å². The van der Waals surface area contributed by atoms with Crippen LogP contribution in [0.15, 0.2) is 24.3 Å². The van der Waals surface area contributed by atoms with Crippen LogP contribution in [0.5, 0.6) is 0 Å². The molecule has 1 aliphatic rings. The maximum absolute atomic E-state index is 11.9. The van der Waals surface area contributed by atoms with Gasteiger partial charge >= 0.3 is 0 Å². The lowest BCUT2D eigenvalue weighted by Gasteiger charge is -2.37. The Labute approximate surface area is 127 Å². The number of rotatable bonds is 5. The van der Waals surface area contributed by atoms with Crippen molar-refractivity contribution < 1.29 is 4.79 Å². The lowest BCUT2D eigenvalue weighted by atomic mass is 10.2. The molecule has 2 rings (SSSR count). The van der Waals surface area contributed by atoms with Crippen molar-refractivity contribution in [2.24, 2.45) is 0 Å². The smallest absolute Gasteiger partial charge is 0.238 e. The third kappa shape index (κ3) is 5.12. The molecule has 1 atom stereocenters.